The van der Waals surface area contributed by atoms with Gasteiger partial charge in [0.1, 0.15) is 17.7 Å². The van der Waals surface area contributed by atoms with Crippen LogP contribution in [0.5, 0.6) is 0 Å². The summed E-state index contributed by atoms with van der Waals surface area (Å²) in [5.41, 5.74) is -0.690. The third-order valence-corrected chi connectivity index (χ3v) is 4.17. The lowest BCUT2D eigenvalue weighted by Crippen LogP contribution is -2.43. The summed E-state index contributed by atoms with van der Waals surface area (Å²) < 4.78 is 10.5. The van der Waals surface area contributed by atoms with Gasteiger partial charge in [0.15, 0.2) is 0 Å². The fourth-order valence-electron chi connectivity index (χ4n) is 2.81. The number of rotatable bonds is 8. The number of aliphatic carboxylic acids is 1. The van der Waals surface area contributed by atoms with E-state index in [-0.39, 0.29) is 12.5 Å². The molecule has 1 aliphatic rings. The number of allylic oxidation sites excluding steroid dienone is 2. The minimum atomic E-state index is -1.11. The van der Waals surface area contributed by atoms with Gasteiger partial charge in [0, 0.05) is 6.54 Å². The van der Waals surface area contributed by atoms with Gasteiger partial charge in [-0.05, 0) is 72.1 Å². The first-order valence-corrected chi connectivity index (χ1v) is 9.99. The van der Waals surface area contributed by atoms with Gasteiger partial charge in [-0.2, -0.15) is 0 Å². The van der Waals surface area contributed by atoms with Crippen molar-refractivity contribution in [1.82, 2.24) is 10.6 Å². The lowest BCUT2D eigenvalue weighted by atomic mass is 10.0. The highest BCUT2D eigenvalue weighted by Gasteiger charge is 2.23. The zero-order chi connectivity index (χ0) is 21.0. The summed E-state index contributed by atoms with van der Waals surface area (Å²) in [6.45, 7) is 5.52. The number of carbonyl (C=O) groups excluding carboxylic acids is 2. The molecule has 8 heteroatoms. The van der Waals surface area contributed by atoms with Crippen LogP contribution in [0, 0.1) is 0 Å². The van der Waals surface area contributed by atoms with E-state index in [0.29, 0.717) is 19.4 Å². The van der Waals surface area contributed by atoms with Crippen molar-refractivity contribution in [3.8, 4) is 0 Å². The normalized spacial score (nSPS) is 19.5. The third kappa shape index (κ3) is 11.5. The Morgan fingerprint density at radius 3 is 2.50 bits per heavy atom. The molecule has 0 aromatic carbocycles. The molecule has 0 radical (unpaired) electrons. The number of hydrogen-bond donors (Lipinski definition) is 3. The number of carboxylic acids is 1. The average Bonchev–Trinajstić information content (AvgIpc) is 2.54. The molecule has 0 aliphatic heterocycles. The molecule has 0 fully saturated rings. The predicted molar refractivity (Wildman–Crippen MR) is 105 cm³/mol. The van der Waals surface area contributed by atoms with Crippen LogP contribution in [0.2, 0.25) is 0 Å². The maximum Gasteiger partial charge on any atom is 0.408 e. The van der Waals surface area contributed by atoms with Crippen LogP contribution in [-0.4, -0.2) is 47.6 Å². The molecule has 1 unspecified atom stereocenters. The van der Waals surface area contributed by atoms with E-state index in [1.54, 1.807) is 20.8 Å². The molecule has 0 spiro atoms. The predicted octanol–water partition coefficient (Wildman–Crippen LogP) is 3.75. The van der Waals surface area contributed by atoms with Crippen molar-refractivity contribution in [3.05, 3.63) is 12.2 Å². The number of nitrogens with one attached hydrogen (secondary N) is 2. The molecule has 8 nitrogen and oxygen atoms in total. The van der Waals surface area contributed by atoms with Gasteiger partial charge in [-0.25, -0.2) is 14.4 Å². The summed E-state index contributed by atoms with van der Waals surface area (Å²) >= 11 is 0. The Morgan fingerprint density at radius 2 is 1.82 bits per heavy atom. The van der Waals surface area contributed by atoms with Gasteiger partial charge in [0.25, 0.3) is 0 Å². The van der Waals surface area contributed by atoms with E-state index < -0.39 is 29.8 Å². The fourth-order valence-corrected chi connectivity index (χ4v) is 2.81. The Kier molecular flexibility index (Phi) is 10.4. The quantitative estimate of drug-likeness (QED) is 0.424. The number of ether oxygens (including phenoxy) is 2. The third-order valence-electron chi connectivity index (χ3n) is 4.17. The van der Waals surface area contributed by atoms with Crippen LogP contribution in [0.4, 0.5) is 9.59 Å². The van der Waals surface area contributed by atoms with Crippen LogP contribution in [-0.2, 0) is 14.3 Å². The standard InChI is InChI=1S/C20H34N2O6/c1-20(2,3)28-19(26)22-16(17(23)24)13-9-10-14-21-18(25)27-15-11-7-5-4-6-8-12-15/h4-5,15-16H,6-14H2,1-3H3,(H,21,25)(H,22,26)(H,23,24)/b5-4+/t15?,16-/m0/s1. The summed E-state index contributed by atoms with van der Waals surface area (Å²) in [4.78, 5) is 34.9. The minimum Gasteiger partial charge on any atom is -0.480 e. The number of amides is 2. The number of hydrogen-bond acceptors (Lipinski definition) is 5. The van der Waals surface area contributed by atoms with Gasteiger partial charge in [-0.15, -0.1) is 0 Å². The van der Waals surface area contributed by atoms with Crippen molar-refractivity contribution < 1.29 is 29.0 Å². The fraction of sp³-hybridized carbons (Fsp3) is 0.750. The molecule has 0 saturated carbocycles. The van der Waals surface area contributed by atoms with E-state index in [0.717, 1.165) is 32.1 Å². The molecule has 2 atom stereocenters. The Labute approximate surface area is 167 Å². The Morgan fingerprint density at radius 1 is 1.11 bits per heavy atom. The highest BCUT2D eigenvalue weighted by atomic mass is 16.6. The summed E-state index contributed by atoms with van der Waals surface area (Å²) in [5.74, 6) is -1.11. The first-order chi connectivity index (χ1) is 13.2. The van der Waals surface area contributed by atoms with Gasteiger partial charge < -0.3 is 25.2 Å². The largest absolute Gasteiger partial charge is 0.480 e. The topological polar surface area (TPSA) is 114 Å². The lowest BCUT2D eigenvalue weighted by molar-refractivity contribution is -0.139. The van der Waals surface area contributed by atoms with Gasteiger partial charge >= 0.3 is 18.2 Å². The van der Waals surface area contributed by atoms with Crippen molar-refractivity contribution >= 4 is 18.2 Å². The highest BCUT2D eigenvalue weighted by molar-refractivity contribution is 5.79. The number of alkyl carbamates (subject to hydrolysis) is 2. The molecule has 160 valence electrons. The molecule has 0 saturated heterocycles. The van der Waals surface area contributed by atoms with Crippen molar-refractivity contribution in [2.75, 3.05) is 6.54 Å². The monoisotopic (exact) mass is 398 g/mol. The van der Waals surface area contributed by atoms with Crippen LogP contribution >= 0.6 is 0 Å². The minimum absolute atomic E-state index is 0.0561. The van der Waals surface area contributed by atoms with Crippen molar-refractivity contribution in [1.29, 1.82) is 0 Å². The second-order valence-corrected chi connectivity index (χ2v) is 7.97. The Bertz CT molecular complexity index is 541. The lowest BCUT2D eigenvalue weighted by Gasteiger charge is -2.22. The molecule has 1 aliphatic carbocycles. The molecule has 0 aromatic rings. The summed E-state index contributed by atoms with van der Waals surface area (Å²) in [7, 11) is 0. The van der Waals surface area contributed by atoms with Gasteiger partial charge in [0.05, 0.1) is 0 Å². The maximum absolute atomic E-state index is 11.9. The van der Waals surface area contributed by atoms with Gasteiger partial charge in [-0.1, -0.05) is 12.2 Å². The summed E-state index contributed by atoms with van der Waals surface area (Å²) in [6.07, 6.45) is 9.05. The second kappa shape index (κ2) is 12.3. The molecule has 0 bridgehead atoms. The van der Waals surface area contributed by atoms with Crippen molar-refractivity contribution in [2.24, 2.45) is 0 Å². The van der Waals surface area contributed by atoms with Crippen molar-refractivity contribution in [3.63, 3.8) is 0 Å². The van der Waals surface area contributed by atoms with E-state index in [4.69, 9.17) is 9.47 Å². The number of carboxylic acid groups (broad SMARTS) is 1. The van der Waals surface area contributed by atoms with Crippen LogP contribution in [0.25, 0.3) is 0 Å². The first-order valence-electron chi connectivity index (χ1n) is 9.99. The zero-order valence-corrected chi connectivity index (χ0v) is 17.2. The van der Waals surface area contributed by atoms with E-state index in [9.17, 15) is 19.5 Å². The van der Waals surface area contributed by atoms with Crippen LogP contribution < -0.4 is 10.6 Å². The van der Waals surface area contributed by atoms with Crippen molar-refractivity contribution in [2.45, 2.75) is 89.9 Å². The van der Waals surface area contributed by atoms with E-state index in [1.807, 2.05) is 0 Å². The SMILES string of the molecule is CC(C)(C)OC(=O)N[C@@H](CCCCNC(=O)OC1CC/C=C/CCC1)C(=O)O. The molecule has 0 aromatic heterocycles. The smallest absolute Gasteiger partial charge is 0.408 e. The molecule has 2 amide bonds. The van der Waals surface area contributed by atoms with Gasteiger partial charge in [0.2, 0.25) is 0 Å². The van der Waals surface area contributed by atoms with E-state index in [2.05, 4.69) is 22.8 Å². The van der Waals surface area contributed by atoms with E-state index >= 15 is 0 Å². The molecular formula is C20H34N2O6. The van der Waals surface area contributed by atoms with Gasteiger partial charge in [-0.3, -0.25) is 0 Å². The number of unbranched alkanes of at least 4 members (excludes halogenated alkanes) is 1. The summed E-state index contributed by atoms with van der Waals surface area (Å²) in [5, 5.41) is 14.3. The van der Waals surface area contributed by atoms with Crippen LogP contribution in [0.15, 0.2) is 12.2 Å². The molecule has 1 rings (SSSR count). The van der Waals surface area contributed by atoms with Crippen LogP contribution in [0.3, 0.4) is 0 Å². The zero-order valence-electron chi connectivity index (χ0n) is 17.2. The molecule has 3 N–H and O–H groups in total. The average molecular weight is 399 g/mol. The molecular weight excluding hydrogens is 364 g/mol. The number of carbonyl (C=O) groups is 3. The highest BCUT2D eigenvalue weighted by Crippen LogP contribution is 2.15. The van der Waals surface area contributed by atoms with Crippen LogP contribution in [0.1, 0.15) is 72.1 Å². The first kappa shape index (κ1) is 23.8. The van der Waals surface area contributed by atoms with E-state index in [1.165, 1.54) is 0 Å². The Balaban J connectivity index is 2.22. The Hall–Kier alpha value is -2.25. The summed E-state index contributed by atoms with van der Waals surface area (Å²) in [6, 6.07) is -1.02. The second-order valence-electron chi connectivity index (χ2n) is 7.97. The maximum atomic E-state index is 11.9. The molecule has 0 heterocycles. The molecule has 28 heavy (non-hydrogen) atoms.